The van der Waals surface area contributed by atoms with Gasteiger partial charge in [0.25, 0.3) is 5.91 Å². The van der Waals surface area contributed by atoms with Crippen LogP contribution in [0.2, 0.25) is 0 Å². The zero-order valence-electron chi connectivity index (χ0n) is 9.72. The van der Waals surface area contributed by atoms with E-state index in [1.165, 1.54) is 5.56 Å². The molecule has 1 aromatic carbocycles. The summed E-state index contributed by atoms with van der Waals surface area (Å²) < 4.78 is 0. The van der Waals surface area contributed by atoms with Crippen molar-refractivity contribution >= 4 is 17.2 Å². The van der Waals surface area contributed by atoms with Crippen LogP contribution in [0.1, 0.15) is 21.5 Å². The molecule has 0 spiro atoms. The number of carbonyl (C=O) groups excluding carboxylic acids is 1. The maximum Gasteiger partial charge on any atom is 0.274 e. The van der Waals surface area contributed by atoms with E-state index in [4.69, 9.17) is 5.21 Å². The predicted molar refractivity (Wildman–Crippen MR) is 70.6 cm³/mol. The van der Waals surface area contributed by atoms with E-state index in [0.29, 0.717) is 5.56 Å². The first kappa shape index (κ1) is 12.8. The predicted octanol–water partition coefficient (Wildman–Crippen LogP) is 2.16. The van der Waals surface area contributed by atoms with Crippen molar-refractivity contribution in [2.75, 3.05) is 0 Å². The number of hydrogen-bond donors (Lipinski definition) is 3. The van der Waals surface area contributed by atoms with E-state index in [1.807, 2.05) is 12.1 Å². The van der Waals surface area contributed by atoms with Crippen LogP contribution in [0.5, 0.6) is 0 Å². The number of carbonyl (C=O) groups is 1. The van der Waals surface area contributed by atoms with Crippen molar-refractivity contribution in [1.82, 2.24) is 10.8 Å². The minimum Gasteiger partial charge on any atom is -0.309 e. The van der Waals surface area contributed by atoms with Gasteiger partial charge in [0, 0.05) is 18.7 Å². The molecule has 1 aromatic heterocycles. The van der Waals surface area contributed by atoms with Crippen LogP contribution in [-0.2, 0) is 13.1 Å². The van der Waals surface area contributed by atoms with Crippen LogP contribution in [0.3, 0.4) is 0 Å². The summed E-state index contributed by atoms with van der Waals surface area (Å²) in [4.78, 5) is 11.1. The van der Waals surface area contributed by atoms with Gasteiger partial charge in [0.15, 0.2) is 0 Å². The first-order chi connectivity index (χ1) is 8.79. The molecule has 0 saturated carbocycles. The summed E-state index contributed by atoms with van der Waals surface area (Å²) in [5.41, 5.74) is 4.42. The molecule has 0 aliphatic rings. The van der Waals surface area contributed by atoms with Gasteiger partial charge in [-0.2, -0.15) is 11.3 Å². The lowest BCUT2D eigenvalue weighted by Crippen LogP contribution is -2.18. The Balaban J connectivity index is 1.85. The smallest absolute Gasteiger partial charge is 0.274 e. The van der Waals surface area contributed by atoms with Crippen molar-refractivity contribution in [3.8, 4) is 0 Å². The lowest BCUT2D eigenvalue weighted by molar-refractivity contribution is 0.0706. The van der Waals surface area contributed by atoms with Crippen molar-refractivity contribution < 1.29 is 10.0 Å². The third-order valence-electron chi connectivity index (χ3n) is 2.56. The molecule has 3 N–H and O–H groups in total. The molecule has 0 bridgehead atoms. The highest BCUT2D eigenvalue weighted by Crippen LogP contribution is 2.07. The molecule has 0 radical (unpaired) electrons. The van der Waals surface area contributed by atoms with Gasteiger partial charge in [-0.3, -0.25) is 10.0 Å². The lowest BCUT2D eigenvalue weighted by atomic mass is 10.1. The van der Waals surface area contributed by atoms with Gasteiger partial charge < -0.3 is 5.32 Å². The van der Waals surface area contributed by atoms with Crippen molar-refractivity contribution in [2.45, 2.75) is 13.1 Å². The van der Waals surface area contributed by atoms with Crippen LogP contribution in [0, 0.1) is 0 Å². The van der Waals surface area contributed by atoms with Crippen LogP contribution in [0.15, 0.2) is 41.1 Å². The fraction of sp³-hybridized carbons (Fsp3) is 0.154. The fourth-order valence-electron chi connectivity index (χ4n) is 1.58. The number of hydroxylamine groups is 1. The Labute approximate surface area is 109 Å². The van der Waals surface area contributed by atoms with Crippen LogP contribution in [0.4, 0.5) is 0 Å². The molecule has 18 heavy (non-hydrogen) atoms. The maximum atomic E-state index is 11.1. The molecule has 0 fully saturated rings. The molecule has 0 aliphatic carbocycles. The molecule has 4 nitrogen and oxygen atoms in total. The highest BCUT2D eigenvalue weighted by Gasteiger charge is 2.02. The van der Waals surface area contributed by atoms with E-state index in [-0.39, 0.29) is 0 Å². The Morgan fingerprint density at radius 3 is 2.44 bits per heavy atom. The SMILES string of the molecule is O=C(NO)c1ccc(CNCc2ccsc2)cc1. The molecule has 0 aliphatic heterocycles. The van der Waals surface area contributed by atoms with E-state index < -0.39 is 5.91 Å². The number of hydrogen-bond acceptors (Lipinski definition) is 4. The summed E-state index contributed by atoms with van der Waals surface area (Å²) in [7, 11) is 0. The van der Waals surface area contributed by atoms with E-state index in [2.05, 4.69) is 22.1 Å². The Kier molecular flexibility index (Phi) is 4.46. The van der Waals surface area contributed by atoms with Crippen molar-refractivity contribution in [3.05, 3.63) is 57.8 Å². The molecule has 0 saturated heterocycles. The fourth-order valence-corrected chi connectivity index (χ4v) is 2.25. The number of benzene rings is 1. The summed E-state index contributed by atoms with van der Waals surface area (Å²) >= 11 is 1.69. The maximum absolute atomic E-state index is 11.1. The first-order valence-corrected chi connectivity index (χ1v) is 6.49. The molecular weight excluding hydrogens is 248 g/mol. The summed E-state index contributed by atoms with van der Waals surface area (Å²) in [6.45, 7) is 1.58. The van der Waals surface area contributed by atoms with Crippen LogP contribution in [0.25, 0.3) is 0 Å². The normalized spacial score (nSPS) is 10.3. The van der Waals surface area contributed by atoms with Gasteiger partial charge in [-0.05, 0) is 40.1 Å². The topological polar surface area (TPSA) is 61.4 Å². The summed E-state index contributed by atoms with van der Waals surface area (Å²) in [6, 6.07) is 9.20. The second kappa shape index (κ2) is 6.30. The van der Waals surface area contributed by atoms with Crippen LogP contribution < -0.4 is 10.8 Å². The standard InChI is InChI=1S/C13H14N2O2S/c16-13(15-17)12-3-1-10(2-4-12)7-14-8-11-5-6-18-9-11/h1-6,9,14,17H,7-8H2,(H,15,16). The van der Waals surface area contributed by atoms with Gasteiger partial charge in [0.2, 0.25) is 0 Å². The molecule has 94 valence electrons. The van der Waals surface area contributed by atoms with Crippen LogP contribution in [-0.4, -0.2) is 11.1 Å². The Morgan fingerprint density at radius 2 is 1.83 bits per heavy atom. The third-order valence-corrected chi connectivity index (χ3v) is 3.29. The molecule has 1 heterocycles. The zero-order valence-corrected chi connectivity index (χ0v) is 10.5. The van der Waals surface area contributed by atoms with Gasteiger partial charge in [-0.15, -0.1) is 0 Å². The van der Waals surface area contributed by atoms with Gasteiger partial charge in [-0.1, -0.05) is 12.1 Å². The van der Waals surface area contributed by atoms with Gasteiger partial charge in [-0.25, -0.2) is 5.48 Å². The number of thiophene rings is 1. The molecule has 2 rings (SSSR count). The van der Waals surface area contributed by atoms with Gasteiger partial charge >= 0.3 is 0 Å². The van der Waals surface area contributed by atoms with E-state index >= 15 is 0 Å². The quantitative estimate of drug-likeness (QED) is 0.571. The Bertz CT molecular complexity index is 494. The van der Waals surface area contributed by atoms with E-state index in [0.717, 1.165) is 18.7 Å². The summed E-state index contributed by atoms with van der Waals surface area (Å²) in [6.07, 6.45) is 0. The first-order valence-electron chi connectivity index (χ1n) is 5.55. The minimum atomic E-state index is -0.493. The second-order valence-electron chi connectivity index (χ2n) is 3.87. The Hall–Kier alpha value is -1.69. The molecule has 5 heteroatoms. The summed E-state index contributed by atoms with van der Waals surface area (Å²) in [5.74, 6) is -0.493. The highest BCUT2D eigenvalue weighted by molar-refractivity contribution is 7.07. The summed E-state index contributed by atoms with van der Waals surface area (Å²) in [5, 5.41) is 16.0. The molecule has 1 amide bonds. The Morgan fingerprint density at radius 1 is 1.11 bits per heavy atom. The van der Waals surface area contributed by atoms with Crippen molar-refractivity contribution in [1.29, 1.82) is 0 Å². The largest absolute Gasteiger partial charge is 0.309 e. The van der Waals surface area contributed by atoms with Crippen molar-refractivity contribution in [2.24, 2.45) is 0 Å². The monoisotopic (exact) mass is 262 g/mol. The van der Waals surface area contributed by atoms with E-state index in [1.54, 1.807) is 28.9 Å². The lowest BCUT2D eigenvalue weighted by Gasteiger charge is -2.04. The second-order valence-corrected chi connectivity index (χ2v) is 4.65. The molecular formula is C13H14N2O2S. The number of nitrogens with one attached hydrogen (secondary N) is 2. The molecule has 2 aromatic rings. The zero-order chi connectivity index (χ0) is 12.8. The minimum absolute atomic E-state index is 0.444. The van der Waals surface area contributed by atoms with Crippen LogP contribution >= 0.6 is 11.3 Å². The average Bonchev–Trinajstić information content (AvgIpc) is 2.92. The van der Waals surface area contributed by atoms with Gasteiger partial charge in [0.1, 0.15) is 0 Å². The van der Waals surface area contributed by atoms with Gasteiger partial charge in [0.05, 0.1) is 0 Å². The number of amides is 1. The number of rotatable bonds is 5. The van der Waals surface area contributed by atoms with E-state index in [9.17, 15) is 4.79 Å². The molecule has 0 unspecified atom stereocenters. The van der Waals surface area contributed by atoms with Crippen molar-refractivity contribution in [3.63, 3.8) is 0 Å². The average molecular weight is 262 g/mol. The third kappa shape index (κ3) is 3.40. The molecule has 0 atom stereocenters. The highest BCUT2D eigenvalue weighted by atomic mass is 32.1.